The van der Waals surface area contributed by atoms with Crippen LogP contribution in [0.3, 0.4) is 0 Å². The number of halogens is 1. The fraction of sp³-hybridized carbons (Fsp3) is 0.267. The number of nitrogens with zero attached hydrogens (tertiary/aromatic N) is 4. The maximum Gasteiger partial charge on any atom is 0.206 e. The van der Waals surface area contributed by atoms with Gasteiger partial charge in [0.1, 0.15) is 5.15 Å². The first-order valence-electron chi connectivity index (χ1n) is 7.18. The first-order chi connectivity index (χ1) is 11.2. The van der Waals surface area contributed by atoms with Crippen LogP contribution in [0.2, 0.25) is 5.15 Å². The SMILES string of the molecule is CCNc1nnc(SCc2c(C)nn(-c3ccccc3)c2Cl)s1. The number of hydrogen-bond acceptors (Lipinski definition) is 6. The van der Waals surface area contributed by atoms with Crippen molar-refractivity contribution in [2.45, 2.75) is 23.9 Å². The Labute approximate surface area is 148 Å². The Morgan fingerprint density at radius 2 is 2.04 bits per heavy atom. The molecule has 0 aliphatic heterocycles. The summed E-state index contributed by atoms with van der Waals surface area (Å²) < 4.78 is 2.70. The number of para-hydroxylation sites is 1. The van der Waals surface area contributed by atoms with Crippen LogP contribution in [-0.2, 0) is 5.75 Å². The predicted molar refractivity (Wildman–Crippen MR) is 96.9 cm³/mol. The van der Waals surface area contributed by atoms with Gasteiger partial charge in [0.25, 0.3) is 0 Å². The van der Waals surface area contributed by atoms with E-state index in [1.165, 1.54) is 0 Å². The Hall–Kier alpha value is -1.57. The van der Waals surface area contributed by atoms with E-state index in [0.29, 0.717) is 5.15 Å². The molecule has 2 heterocycles. The van der Waals surface area contributed by atoms with Gasteiger partial charge in [-0.05, 0) is 26.0 Å². The number of anilines is 1. The van der Waals surface area contributed by atoms with Crippen molar-refractivity contribution in [3.8, 4) is 5.69 Å². The highest BCUT2D eigenvalue weighted by molar-refractivity contribution is 8.00. The van der Waals surface area contributed by atoms with Gasteiger partial charge in [-0.3, -0.25) is 0 Å². The molecule has 120 valence electrons. The fourth-order valence-corrected chi connectivity index (χ4v) is 4.38. The normalized spacial score (nSPS) is 10.9. The lowest BCUT2D eigenvalue weighted by Crippen LogP contribution is -1.95. The lowest BCUT2D eigenvalue weighted by atomic mass is 10.3. The van der Waals surface area contributed by atoms with E-state index >= 15 is 0 Å². The molecule has 0 aliphatic rings. The summed E-state index contributed by atoms with van der Waals surface area (Å²) in [6.45, 7) is 4.86. The van der Waals surface area contributed by atoms with E-state index in [0.717, 1.165) is 38.7 Å². The highest BCUT2D eigenvalue weighted by atomic mass is 35.5. The summed E-state index contributed by atoms with van der Waals surface area (Å²) in [4.78, 5) is 0. The molecule has 0 atom stereocenters. The predicted octanol–water partition coefficient (Wildman–Crippen LogP) is 4.41. The quantitative estimate of drug-likeness (QED) is 0.656. The minimum absolute atomic E-state index is 0.651. The highest BCUT2D eigenvalue weighted by Gasteiger charge is 2.15. The molecule has 1 aromatic carbocycles. The van der Waals surface area contributed by atoms with Crippen molar-refractivity contribution in [3.05, 3.63) is 46.7 Å². The van der Waals surface area contributed by atoms with Crippen molar-refractivity contribution in [2.24, 2.45) is 0 Å². The van der Waals surface area contributed by atoms with Crippen LogP contribution in [0.1, 0.15) is 18.2 Å². The van der Waals surface area contributed by atoms with Crippen LogP contribution in [0.15, 0.2) is 34.7 Å². The number of nitrogens with one attached hydrogen (secondary N) is 1. The number of aromatic nitrogens is 4. The second-order valence-corrected chi connectivity index (χ2v) is 7.35. The highest BCUT2D eigenvalue weighted by Crippen LogP contribution is 2.32. The average Bonchev–Trinajstić information content (AvgIpc) is 3.12. The van der Waals surface area contributed by atoms with Crippen LogP contribution in [0.25, 0.3) is 5.69 Å². The molecule has 0 spiro atoms. The third kappa shape index (κ3) is 3.68. The van der Waals surface area contributed by atoms with Crippen molar-refractivity contribution in [1.29, 1.82) is 0 Å². The van der Waals surface area contributed by atoms with E-state index in [1.54, 1.807) is 27.8 Å². The number of aryl methyl sites for hydroxylation is 1. The molecule has 8 heteroatoms. The van der Waals surface area contributed by atoms with Crippen molar-refractivity contribution < 1.29 is 0 Å². The van der Waals surface area contributed by atoms with Crippen LogP contribution in [0.4, 0.5) is 5.13 Å². The van der Waals surface area contributed by atoms with Gasteiger partial charge in [-0.15, -0.1) is 10.2 Å². The van der Waals surface area contributed by atoms with Crippen molar-refractivity contribution >= 4 is 39.8 Å². The minimum atomic E-state index is 0.651. The van der Waals surface area contributed by atoms with Crippen LogP contribution < -0.4 is 5.32 Å². The van der Waals surface area contributed by atoms with Gasteiger partial charge < -0.3 is 5.32 Å². The number of benzene rings is 1. The molecular weight excluding hydrogens is 350 g/mol. The minimum Gasteiger partial charge on any atom is -0.360 e. The average molecular weight is 366 g/mol. The van der Waals surface area contributed by atoms with Gasteiger partial charge >= 0.3 is 0 Å². The molecule has 0 bridgehead atoms. The molecule has 0 fully saturated rings. The summed E-state index contributed by atoms with van der Waals surface area (Å²) in [5.74, 6) is 0.720. The Bertz CT molecular complexity index is 785. The Kier molecular flexibility index (Phi) is 5.20. The third-order valence-electron chi connectivity index (χ3n) is 3.20. The second-order valence-electron chi connectivity index (χ2n) is 4.79. The number of hydrogen-bond donors (Lipinski definition) is 1. The summed E-state index contributed by atoms with van der Waals surface area (Å²) >= 11 is 9.70. The van der Waals surface area contributed by atoms with Crippen LogP contribution in [0, 0.1) is 6.92 Å². The molecule has 0 unspecified atom stereocenters. The maximum atomic E-state index is 6.53. The first kappa shape index (κ1) is 16.3. The van der Waals surface area contributed by atoms with Gasteiger partial charge in [0, 0.05) is 17.9 Å². The van der Waals surface area contributed by atoms with Gasteiger partial charge in [-0.1, -0.05) is 52.9 Å². The summed E-state index contributed by atoms with van der Waals surface area (Å²) in [6, 6.07) is 9.90. The van der Waals surface area contributed by atoms with E-state index < -0.39 is 0 Å². The van der Waals surface area contributed by atoms with E-state index in [9.17, 15) is 0 Å². The third-order valence-corrected chi connectivity index (χ3v) is 5.63. The molecule has 0 aliphatic carbocycles. The molecule has 3 rings (SSSR count). The summed E-state index contributed by atoms with van der Waals surface area (Å²) in [7, 11) is 0. The van der Waals surface area contributed by atoms with Gasteiger partial charge in [-0.25, -0.2) is 4.68 Å². The van der Waals surface area contributed by atoms with Crippen LogP contribution in [-0.4, -0.2) is 26.5 Å². The lowest BCUT2D eigenvalue weighted by molar-refractivity contribution is 0.863. The Morgan fingerprint density at radius 3 is 2.78 bits per heavy atom. The standard InChI is InChI=1S/C15H16ClN5S2/c1-3-17-14-18-19-15(23-14)22-9-12-10(2)20-21(13(12)16)11-7-5-4-6-8-11/h4-8H,3,9H2,1-2H3,(H,17,18). The molecule has 23 heavy (non-hydrogen) atoms. The molecular formula is C15H16ClN5S2. The zero-order valence-electron chi connectivity index (χ0n) is 12.8. The molecule has 0 amide bonds. The number of thioether (sulfide) groups is 1. The Morgan fingerprint density at radius 1 is 1.26 bits per heavy atom. The van der Waals surface area contributed by atoms with E-state index in [4.69, 9.17) is 11.6 Å². The zero-order valence-corrected chi connectivity index (χ0v) is 15.2. The lowest BCUT2D eigenvalue weighted by Gasteiger charge is -2.02. The summed E-state index contributed by atoms with van der Waals surface area (Å²) in [5, 5.41) is 17.5. The van der Waals surface area contributed by atoms with Crippen LogP contribution in [0.5, 0.6) is 0 Å². The van der Waals surface area contributed by atoms with Gasteiger partial charge in [0.05, 0.1) is 11.4 Å². The molecule has 0 radical (unpaired) electrons. The van der Waals surface area contributed by atoms with E-state index in [-0.39, 0.29) is 0 Å². The van der Waals surface area contributed by atoms with Crippen molar-refractivity contribution in [2.75, 3.05) is 11.9 Å². The molecule has 3 aromatic rings. The number of rotatable bonds is 6. The van der Waals surface area contributed by atoms with E-state index in [1.807, 2.05) is 44.2 Å². The molecule has 0 saturated heterocycles. The molecule has 0 saturated carbocycles. The van der Waals surface area contributed by atoms with Crippen molar-refractivity contribution in [3.63, 3.8) is 0 Å². The fourth-order valence-electron chi connectivity index (χ4n) is 2.06. The molecule has 2 aromatic heterocycles. The molecule has 1 N–H and O–H groups in total. The molecule has 5 nitrogen and oxygen atoms in total. The van der Waals surface area contributed by atoms with E-state index in [2.05, 4.69) is 20.6 Å². The van der Waals surface area contributed by atoms with Crippen LogP contribution >= 0.6 is 34.7 Å². The van der Waals surface area contributed by atoms with Gasteiger partial charge in [0.15, 0.2) is 4.34 Å². The van der Waals surface area contributed by atoms with Gasteiger partial charge in [-0.2, -0.15) is 5.10 Å². The smallest absolute Gasteiger partial charge is 0.206 e. The topological polar surface area (TPSA) is 55.6 Å². The van der Waals surface area contributed by atoms with Crippen molar-refractivity contribution in [1.82, 2.24) is 20.0 Å². The first-order valence-corrected chi connectivity index (χ1v) is 9.36. The maximum absolute atomic E-state index is 6.53. The Balaban J connectivity index is 1.76. The van der Waals surface area contributed by atoms with Gasteiger partial charge in [0.2, 0.25) is 5.13 Å². The largest absolute Gasteiger partial charge is 0.360 e. The summed E-state index contributed by atoms with van der Waals surface area (Å²) in [5.41, 5.74) is 2.92. The zero-order chi connectivity index (χ0) is 16.2. The summed E-state index contributed by atoms with van der Waals surface area (Å²) in [6.07, 6.45) is 0. The second kappa shape index (κ2) is 7.33. The monoisotopic (exact) mass is 365 g/mol.